The number of unbranched alkanes of at least 4 members (excludes halogenated alkanes) is 39. The SMILES string of the molecule is CCCCCCCCCCCCCCCCNCc1ccccc1.CCCCCCCCCCCCCCCCNCc1ccccc1.CCCCCCCCCCCCCCCCNCc1ccccc1.O=P(O)(O)O. The summed E-state index contributed by atoms with van der Waals surface area (Å²) in [5, 5.41) is 10.6. The highest BCUT2D eigenvalue weighted by atomic mass is 31.2. The summed E-state index contributed by atoms with van der Waals surface area (Å²) >= 11 is 0. The molecule has 0 amide bonds. The van der Waals surface area contributed by atoms with Crippen molar-refractivity contribution in [3.05, 3.63) is 108 Å². The van der Waals surface area contributed by atoms with Gasteiger partial charge < -0.3 is 30.6 Å². The Kier molecular flexibility index (Phi) is 60.9. The zero-order valence-corrected chi connectivity index (χ0v) is 51.7. The van der Waals surface area contributed by atoms with Crippen LogP contribution in [0.25, 0.3) is 0 Å². The normalized spacial score (nSPS) is 11.1. The molecule has 0 unspecified atom stereocenters. The van der Waals surface area contributed by atoms with Crippen LogP contribution in [0, 0.1) is 0 Å². The summed E-state index contributed by atoms with van der Waals surface area (Å²) < 4.78 is 8.88. The molecule has 6 N–H and O–H groups in total. The summed E-state index contributed by atoms with van der Waals surface area (Å²) in [5.74, 6) is 0. The van der Waals surface area contributed by atoms with Crippen molar-refractivity contribution < 1.29 is 19.2 Å². The highest BCUT2D eigenvalue weighted by Gasteiger charge is 2.01. The van der Waals surface area contributed by atoms with E-state index in [1.165, 1.54) is 286 Å². The minimum absolute atomic E-state index is 1.01. The van der Waals surface area contributed by atoms with Crippen LogP contribution in [0.4, 0.5) is 0 Å². The van der Waals surface area contributed by atoms with Crippen LogP contribution in [0.15, 0.2) is 91.0 Å². The standard InChI is InChI=1S/3C23H41N.H3O4P/c3*1-2-3-4-5-6-7-8-9-10-11-12-13-14-18-21-24-22-23-19-16-15-17-20-23;1-5(2,3)4/h3*15-17,19-20,24H,2-14,18,21-22H2,1H3;(H3,1,2,3,4). The Morgan fingerprint density at radius 2 is 0.403 bits per heavy atom. The van der Waals surface area contributed by atoms with Gasteiger partial charge in [0, 0.05) is 19.6 Å². The minimum Gasteiger partial charge on any atom is -0.313 e. The van der Waals surface area contributed by atoms with Crippen LogP contribution in [0.1, 0.15) is 307 Å². The van der Waals surface area contributed by atoms with Gasteiger partial charge in [-0.3, -0.25) is 0 Å². The van der Waals surface area contributed by atoms with E-state index in [4.69, 9.17) is 19.2 Å². The molecule has 0 spiro atoms. The van der Waals surface area contributed by atoms with Crippen LogP contribution in [-0.2, 0) is 24.2 Å². The van der Waals surface area contributed by atoms with Crippen molar-refractivity contribution in [1.82, 2.24) is 16.0 Å². The molecule has 0 aliphatic heterocycles. The molecule has 0 heterocycles. The number of hydrogen-bond acceptors (Lipinski definition) is 4. The molecular weight excluding hydrogens is 966 g/mol. The van der Waals surface area contributed by atoms with E-state index in [1.807, 2.05) is 0 Å². The van der Waals surface area contributed by atoms with Crippen molar-refractivity contribution >= 4 is 7.82 Å². The Balaban J connectivity index is 0.00000107. The van der Waals surface area contributed by atoms with Crippen molar-refractivity contribution in [2.45, 2.75) is 310 Å². The van der Waals surface area contributed by atoms with Gasteiger partial charge in [-0.25, -0.2) is 4.57 Å². The molecule has 0 aliphatic rings. The molecule has 0 aromatic heterocycles. The van der Waals surface area contributed by atoms with E-state index in [0.717, 1.165) is 39.3 Å². The van der Waals surface area contributed by atoms with Gasteiger partial charge in [-0.05, 0) is 55.6 Å². The lowest BCUT2D eigenvalue weighted by Gasteiger charge is -2.05. The summed E-state index contributed by atoms with van der Waals surface area (Å²) in [7, 11) is -4.64. The Bertz CT molecular complexity index is 1380. The van der Waals surface area contributed by atoms with Crippen LogP contribution in [0.2, 0.25) is 0 Å². The average Bonchev–Trinajstić information content (AvgIpc) is 3.43. The maximum Gasteiger partial charge on any atom is 0.466 e. The predicted molar refractivity (Wildman–Crippen MR) is 340 cm³/mol. The molecule has 0 saturated carbocycles. The van der Waals surface area contributed by atoms with Crippen molar-refractivity contribution in [1.29, 1.82) is 0 Å². The van der Waals surface area contributed by atoms with Gasteiger partial charge in [0.2, 0.25) is 0 Å². The van der Waals surface area contributed by atoms with Gasteiger partial charge in [0.05, 0.1) is 0 Å². The first-order valence-corrected chi connectivity index (χ1v) is 34.4. The highest BCUT2D eigenvalue weighted by Crippen LogP contribution is 2.26. The Morgan fingerprint density at radius 1 is 0.260 bits per heavy atom. The summed E-state index contributed by atoms with van der Waals surface area (Å²) in [4.78, 5) is 21.6. The summed E-state index contributed by atoms with van der Waals surface area (Å²) in [6.45, 7) is 13.4. The fraction of sp³-hybridized carbons (Fsp3) is 0.739. The van der Waals surface area contributed by atoms with E-state index in [9.17, 15) is 0 Å². The lowest BCUT2D eigenvalue weighted by molar-refractivity contribution is 0.275. The largest absolute Gasteiger partial charge is 0.466 e. The molecule has 0 aliphatic carbocycles. The quantitative estimate of drug-likeness (QED) is 0.0247. The first-order chi connectivity index (χ1) is 37.8. The molecule has 0 radical (unpaired) electrons. The van der Waals surface area contributed by atoms with Crippen LogP contribution < -0.4 is 16.0 Å². The number of nitrogens with one attached hydrogen (secondary N) is 3. The fourth-order valence-electron chi connectivity index (χ4n) is 9.82. The van der Waals surface area contributed by atoms with E-state index in [-0.39, 0.29) is 0 Å². The molecule has 0 fully saturated rings. The van der Waals surface area contributed by atoms with E-state index in [1.54, 1.807) is 0 Å². The lowest BCUT2D eigenvalue weighted by atomic mass is 10.0. The number of hydrogen-bond donors (Lipinski definition) is 6. The van der Waals surface area contributed by atoms with Gasteiger partial charge >= 0.3 is 7.82 Å². The molecule has 3 aromatic rings. The zero-order chi connectivity index (χ0) is 55.9. The summed E-state index contributed by atoms with van der Waals surface area (Å²) in [6.07, 6.45) is 60.2. The molecule has 0 bridgehead atoms. The first-order valence-electron chi connectivity index (χ1n) is 32.8. The van der Waals surface area contributed by atoms with Gasteiger partial charge in [0.15, 0.2) is 0 Å². The fourth-order valence-corrected chi connectivity index (χ4v) is 9.82. The average molecular weight is 1090 g/mol. The van der Waals surface area contributed by atoms with E-state index < -0.39 is 7.82 Å². The van der Waals surface area contributed by atoms with Gasteiger partial charge in [0.1, 0.15) is 0 Å². The van der Waals surface area contributed by atoms with Crippen LogP contribution in [0.5, 0.6) is 0 Å². The number of rotatable bonds is 51. The van der Waals surface area contributed by atoms with Crippen LogP contribution in [0.3, 0.4) is 0 Å². The van der Waals surface area contributed by atoms with E-state index in [0.29, 0.717) is 0 Å². The van der Waals surface area contributed by atoms with Gasteiger partial charge in [-0.15, -0.1) is 0 Å². The zero-order valence-electron chi connectivity index (χ0n) is 50.8. The van der Waals surface area contributed by atoms with Gasteiger partial charge in [-0.1, -0.05) is 362 Å². The minimum atomic E-state index is -4.64. The van der Waals surface area contributed by atoms with Gasteiger partial charge in [-0.2, -0.15) is 0 Å². The Morgan fingerprint density at radius 3 is 0.558 bits per heavy atom. The Labute approximate surface area is 478 Å². The lowest BCUT2D eigenvalue weighted by Crippen LogP contribution is -2.14. The maximum absolute atomic E-state index is 8.88. The molecule has 77 heavy (non-hydrogen) atoms. The molecule has 7 nitrogen and oxygen atoms in total. The maximum atomic E-state index is 8.88. The third-order valence-electron chi connectivity index (χ3n) is 14.6. The number of benzene rings is 3. The molecular formula is C69H126N3O4P. The van der Waals surface area contributed by atoms with Crippen molar-refractivity contribution in [3.8, 4) is 0 Å². The topological polar surface area (TPSA) is 114 Å². The third-order valence-corrected chi connectivity index (χ3v) is 14.6. The molecule has 0 saturated heterocycles. The molecule has 3 rings (SSSR count). The molecule has 3 aromatic carbocycles. The van der Waals surface area contributed by atoms with Crippen LogP contribution in [-0.4, -0.2) is 34.3 Å². The van der Waals surface area contributed by atoms with Crippen molar-refractivity contribution in [2.75, 3.05) is 19.6 Å². The molecule has 8 heteroatoms. The highest BCUT2D eigenvalue weighted by molar-refractivity contribution is 7.45. The summed E-state index contributed by atoms with van der Waals surface area (Å²) in [6, 6.07) is 32.1. The van der Waals surface area contributed by atoms with Gasteiger partial charge in [0.25, 0.3) is 0 Å². The third kappa shape index (κ3) is 66.1. The second-order valence-corrected chi connectivity index (χ2v) is 23.3. The summed E-state index contributed by atoms with van der Waals surface area (Å²) in [5.41, 5.74) is 4.17. The Hall–Kier alpha value is -2.35. The number of phosphoric acid groups is 1. The first kappa shape index (κ1) is 74.7. The van der Waals surface area contributed by atoms with Crippen LogP contribution >= 0.6 is 7.82 Å². The van der Waals surface area contributed by atoms with E-state index in [2.05, 4.69) is 128 Å². The van der Waals surface area contributed by atoms with E-state index >= 15 is 0 Å². The molecule has 0 atom stereocenters. The monoisotopic (exact) mass is 1090 g/mol. The smallest absolute Gasteiger partial charge is 0.313 e. The molecule has 446 valence electrons. The second kappa shape index (κ2) is 62.8. The van der Waals surface area contributed by atoms with Crippen molar-refractivity contribution in [2.24, 2.45) is 0 Å². The second-order valence-electron chi connectivity index (χ2n) is 22.3. The predicted octanol–water partition coefficient (Wildman–Crippen LogP) is 20.8. The van der Waals surface area contributed by atoms with Crippen molar-refractivity contribution in [3.63, 3.8) is 0 Å².